The second-order valence-electron chi connectivity index (χ2n) is 7.24. The van der Waals surface area contributed by atoms with Crippen molar-refractivity contribution in [2.45, 2.75) is 32.6 Å². The second-order valence-corrected chi connectivity index (χ2v) is 7.24. The summed E-state index contributed by atoms with van der Waals surface area (Å²) in [5, 5.41) is 11.3. The third kappa shape index (κ3) is 3.61. The van der Waals surface area contributed by atoms with Crippen LogP contribution in [0.5, 0.6) is 5.75 Å². The van der Waals surface area contributed by atoms with E-state index in [9.17, 15) is 9.90 Å². The van der Waals surface area contributed by atoms with E-state index in [1.54, 1.807) is 6.07 Å². The zero-order chi connectivity index (χ0) is 19.0. The molecule has 5 nitrogen and oxygen atoms in total. The molecule has 4 rings (SSSR count). The Balaban J connectivity index is 1.83. The molecule has 2 aromatic carbocycles. The third-order valence-corrected chi connectivity index (χ3v) is 4.95. The highest BCUT2D eigenvalue weighted by atomic mass is 16.5. The van der Waals surface area contributed by atoms with Crippen molar-refractivity contribution in [1.29, 1.82) is 0 Å². The molecule has 27 heavy (non-hydrogen) atoms. The van der Waals surface area contributed by atoms with Gasteiger partial charge in [0.15, 0.2) is 0 Å². The van der Waals surface area contributed by atoms with Crippen LogP contribution in [0.15, 0.2) is 57.7 Å². The number of phenols is 1. The smallest absolute Gasteiger partial charge is 0.336 e. The molecule has 1 aliphatic heterocycles. The molecule has 0 unspecified atom stereocenters. The second kappa shape index (κ2) is 7.18. The number of hydrogen-bond acceptors (Lipinski definition) is 5. The van der Waals surface area contributed by atoms with E-state index in [0.717, 1.165) is 29.6 Å². The van der Waals surface area contributed by atoms with E-state index in [0.29, 0.717) is 17.7 Å². The predicted octanol–water partition coefficient (Wildman–Crippen LogP) is 3.77. The number of ether oxygens (including phenoxy) is 1. The van der Waals surface area contributed by atoms with Gasteiger partial charge in [-0.25, -0.2) is 4.79 Å². The van der Waals surface area contributed by atoms with Crippen LogP contribution in [-0.4, -0.2) is 35.3 Å². The lowest BCUT2D eigenvalue weighted by Gasteiger charge is -2.35. The Morgan fingerprint density at radius 3 is 2.48 bits per heavy atom. The number of hydrogen-bond donors (Lipinski definition) is 1. The molecular weight excluding hydrogens is 342 g/mol. The summed E-state index contributed by atoms with van der Waals surface area (Å²) in [7, 11) is 0. The fourth-order valence-electron chi connectivity index (χ4n) is 3.92. The molecule has 1 saturated heterocycles. The highest BCUT2D eigenvalue weighted by Gasteiger charge is 2.24. The van der Waals surface area contributed by atoms with Crippen LogP contribution < -0.4 is 5.63 Å². The van der Waals surface area contributed by atoms with Crippen LogP contribution in [0.3, 0.4) is 0 Å². The number of fused-ring (bicyclic) bond motifs is 1. The highest BCUT2D eigenvalue weighted by Crippen LogP contribution is 2.34. The Morgan fingerprint density at radius 1 is 1.07 bits per heavy atom. The van der Waals surface area contributed by atoms with Crippen molar-refractivity contribution in [2.75, 3.05) is 13.1 Å². The Bertz CT molecular complexity index is 1000. The summed E-state index contributed by atoms with van der Waals surface area (Å²) < 4.78 is 11.3. The topological polar surface area (TPSA) is 62.9 Å². The first-order chi connectivity index (χ1) is 13.0. The van der Waals surface area contributed by atoms with Crippen molar-refractivity contribution in [2.24, 2.45) is 0 Å². The summed E-state index contributed by atoms with van der Waals surface area (Å²) in [5.41, 5.74) is 2.43. The van der Waals surface area contributed by atoms with Crippen LogP contribution in [0, 0.1) is 0 Å². The minimum atomic E-state index is -0.420. The summed E-state index contributed by atoms with van der Waals surface area (Å²) >= 11 is 0. The number of nitrogens with zero attached hydrogens (tertiary/aromatic N) is 1. The number of phenolic OH excluding ortho intramolecular Hbond substituents is 1. The van der Waals surface area contributed by atoms with Crippen LogP contribution in [0.2, 0.25) is 0 Å². The molecule has 5 heteroatoms. The Hall–Kier alpha value is -2.63. The average Bonchev–Trinajstić information content (AvgIpc) is 2.63. The molecule has 0 bridgehead atoms. The molecule has 0 amide bonds. The quantitative estimate of drug-likeness (QED) is 0.716. The number of rotatable bonds is 3. The van der Waals surface area contributed by atoms with Crippen molar-refractivity contribution in [3.63, 3.8) is 0 Å². The fourth-order valence-corrected chi connectivity index (χ4v) is 3.92. The summed E-state index contributed by atoms with van der Waals surface area (Å²) in [4.78, 5) is 14.5. The van der Waals surface area contributed by atoms with E-state index in [-0.39, 0.29) is 18.0 Å². The zero-order valence-electron chi connectivity index (χ0n) is 15.5. The molecule has 1 fully saturated rings. The lowest BCUT2D eigenvalue weighted by Crippen LogP contribution is -2.44. The Morgan fingerprint density at radius 2 is 1.78 bits per heavy atom. The molecule has 2 atom stereocenters. The summed E-state index contributed by atoms with van der Waals surface area (Å²) in [6.45, 7) is 6.12. The summed E-state index contributed by atoms with van der Waals surface area (Å²) in [5.74, 6) is 0.141. The van der Waals surface area contributed by atoms with Crippen LogP contribution >= 0.6 is 0 Å². The maximum atomic E-state index is 12.3. The predicted molar refractivity (Wildman–Crippen MR) is 105 cm³/mol. The van der Waals surface area contributed by atoms with E-state index in [1.807, 2.05) is 50.2 Å². The van der Waals surface area contributed by atoms with Crippen LogP contribution in [0.25, 0.3) is 22.1 Å². The number of morpholine rings is 1. The summed E-state index contributed by atoms with van der Waals surface area (Å²) in [6.07, 6.45) is 0.246. The third-order valence-electron chi connectivity index (χ3n) is 4.95. The Labute approximate surface area is 157 Å². The Kier molecular flexibility index (Phi) is 4.72. The van der Waals surface area contributed by atoms with Gasteiger partial charge in [0.2, 0.25) is 0 Å². The SMILES string of the molecule is C[C@@H]1CN(Cc2c(O)ccc3c(-c4ccccc4)cc(=O)oc23)C[C@@H](C)O1. The van der Waals surface area contributed by atoms with Gasteiger partial charge in [-0.15, -0.1) is 0 Å². The van der Waals surface area contributed by atoms with Crippen molar-refractivity contribution in [3.8, 4) is 16.9 Å². The minimum Gasteiger partial charge on any atom is -0.507 e. The molecule has 1 aliphatic rings. The molecule has 0 aliphatic carbocycles. The molecule has 2 heterocycles. The molecule has 3 aromatic rings. The van der Waals surface area contributed by atoms with Crippen molar-refractivity contribution in [3.05, 3.63) is 64.5 Å². The van der Waals surface area contributed by atoms with Crippen molar-refractivity contribution < 1.29 is 14.3 Å². The van der Waals surface area contributed by atoms with E-state index in [2.05, 4.69) is 4.90 Å². The van der Waals surface area contributed by atoms with Crippen LogP contribution in [-0.2, 0) is 11.3 Å². The fraction of sp³-hybridized carbons (Fsp3) is 0.318. The summed E-state index contributed by atoms with van der Waals surface area (Å²) in [6, 6.07) is 14.7. The first-order valence-corrected chi connectivity index (χ1v) is 9.23. The van der Waals surface area contributed by atoms with E-state index in [4.69, 9.17) is 9.15 Å². The van der Waals surface area contributed by atoms with Gasteiger partial charge < -0.3 is 14.3 Å². The van der Waals surface area contributed by atoms with Gasteiger partial charge in [-0.2, -0.15) is 0 Å². The van der Waals surface area contributed by atoms with E-state index >= 15 is 0 Å². The van der Waals surface area contributed by atoms with Gasteiger partial charge in [0, 0.05) is 31.1 Å². The molecule has 1 aromatic heterocycles. The zero-order valence-corrected chi connectivity index (χ0v) is 15.5. The lowest BCUT2D eigenvalue weighted by atomic mass is 9.99. The molecule has 0 saturated carbocycles. The van der Waals surface area contributed by atoms with Gasteiger partial charge in [0.25, 0.3) is 0 Å². The van der Waals surface area contributed by atoms with Crippen molar-refractivity contribution >= 4 is 11.0 Å². The number of aromatic hydroxyl groups is 1. The normalized spacial score (nSPS) is 20.8. The molecule has 140 valence electrons. The standard InChI is InChI=1S/C22H23NO4/c1-14-11-23(12-15(2)26-14)13-19-20(24)9-8-17-18(10-21(25)27-22(17)19)16-6-4-3-5-7-16/h3-10,14-15,24H,11-13H2,1-2H3/t14-,15-/m1/s1. The maximum absolute atomic E-state index is 12.3. The van der Waals surface area contributed by atoms with Gasteiger partial charge in [0.1, 0.15) is 11.3 Å². The van der Waals surface area contributed by atoms with E-state index in [1.165, 1.54) is 6.07 Å². The monoisotopic (exact) mass is 365 g/mol. The van der Waals surface area contributed by atoms with Crippen molar-refractivity contribution in [1.82, 2.24) is 4.90 Å². The highest BCUT2D eigenvalue weighted by molar-refractivity contribution is 5.95. The first-order valence-electron chi connectivity index (χ1n) is 9.23. The molecule has 0 radical (unpaired) electrons. The van der Waals surface area contributed by atoms with Gasteiger partial charge in [-0.3, -0.25) is 4.90 Å². The largest absolute Gasteiger partial charge is 0.507 e. The lowest BCUT2D eigenvalue weighted by molar-refractivity contribution is -0.0705. The molecule has 0 spiro atoms. The van der Waals surface area contributed by atoms with Crippen LogP contribution in [0.4, 0.5) is 0 Å². The van der Waals surface area contributed by atoms with E-state index < -0.39 is 5.63 Å². The van der Waals surface area contributed by atoms with Gasteiger partial charge in [-0.05, 0) is 37.1 Å². The minimum absolute atomic E-state index is 0.123. The molecular formula is C22H23NO4. The molecule has 1 N–H and O–H groups in total. The maximum Gasteiger partial charge on any atom is 0.336 e. The van der Waals surface area contributed by atoms with Gasteiger partial charge in [-0.1, -0.05) is 30.3 Å². The average molecular weight is 365 g/mol. The number of benzene rings is 2. The first kappa shape index (κ1) is 17.8. The van der Waals surface area contributed by atoms with Gasteiger partial charge >= 0.3 is 5.63 Å². The van der Waals surface area contributed by atoms with Crippen LogP contribution in [0.1, 0.15) is 19.4 Å². The van der Waals surface area contributed by atoms with Gasteiger partial charge in [0.05, 0.1) is 17.8 Å².